The number of hydrogen-bond donors (Lipinski definition) is 7. The number of esters is 1. The SMILES string of the molecule is O=C(OC[C@@H]1O[C@@H](O)[C@@H](O)[C@H](O)[C@H]1O)c1cc(O)c(O)c(O)c1. The fourth-order valence-electron chi connectivity index (χ4n) is 2.03. The van der Waals surface area contributed by atoms with E-state index in [-0.39, 0.29) is 5.56 Å². The lowest BCUT2D eigenvalue weighted by Crippen LogP contribution is -2.58. The lowest BCUT2D eigenvalue weighted by Gasteiger charge is -2.37. The standard InChI is InChI=1S/C13H16O10/c14-5-1-4(2-6(15)8(5)16)12(20)22-3-7-9(17)10(18)11(19)13(21)23-7/h1-2,7,9-11,13-19,21H,3H2/t7-,9-,10+,11-,13+/m0/s1. The number of rotatable bonds is 3. The van der Waals surface area contributed by atoms with Gasteiger partial charge in [-0.2, -0.15) is 0 Å². The van der Waals surface area contributed by atoms with Gasteiger partial charge in [0.15, 0.2) is 23.5 Å². The number of hydrogen-bond acceptors (Lipinski definition) is 10. The van der Waals surface area contributed by atoms with E-state index in [1.165, 1.54) is 0 Å². The Balaban J connectivity index is 2.02. The Labute approximate surface area is 129 Å². The lowest BCUT2D eigenvalue weighted by molar-refractivity contribution is -0.286. The Morgan fingerprint density at radius 2 is 1.57 bits per heavy atom. The van der Waals surface area contributed by atoms with Crippen molar-refractivity contribution < 1.29 is 50.0 Å². The van der Waals surface area contributed by atoms with Crippen molar-refractivity contribution in [2.75, 3.05) is 6.61 Å². The van der Waals surface area contributed by atoms with E-state index in [0.29, 0.717) is 0 Å². The van der Waals surface area contributed by atoms with E-state index in [9.17, 15) is 40.5 Å². The molecule has 0 unspecified atom stereocenters. The molecule has 0 bridgehead atoms. The van der Waals surface area contributed by atoms with E-state index < -0.39 is 60.5 Å². The molecule has 5 atom stereocenters. The van der Waals surface area contributed by atoms with Crippen LogP contribution in [0.3, 0.4) is 0 Å². The molecule has 7 N–H and O–H groups in total. The normalized spacial score (nSPS) is 30.9. The molecule has 1 fully saturated rings. The molecule has 10 heteroatoms. The maximum absolute atomic E-state index is 11.8. The maximum Gasteiger partial charge on any atom is 0.338 e. The van der Waals surface area contributed by atoms with E-state index in [0.717, 1.165) is 12.1 Å². The van der Waals surface area contributed by atoms with Crippen molar-refractivity contribution in [3.63, 3.8) is 0 Å². The highest BCUT2D eigenvalue weighted by atomic mass is 16.6. The van der Waals surface area contributed by atoms with Gasteiger partial charge in [0.25, 0.3) is 0 Å². The smallest absolute Gasteiger partial charge is 0.338 e. The van der Waals surface area contributed by atoms with Gasteiger partial charge in [-0.05, 0) is 12.1 Å². The highest BCUT2D eigenvalue weighted by Crippen LogP contribution is 2.35. The second-order valence-corrected chi connectivity index (χ2v) is 5.00. The van der Waals surface area contributed by atoms with Crippen LogP contribution in [0.1, 0.15) is 10.4 Å². The van der Waals surface area contributed by atoms with Crippen molar-refractivity contribution in [2.24, 2.45) is 0 Å². The summed E-state index contributed by atoms with van der Waals surface area (Å²) < 4.78 is 9.60. The first-order valence-corrected chi connectivity index (χ1v) is 6.52. The molecule has 23 heavy (non-hydrogen) atoms. The van der Waals surface area contributed by atoms with Gasteiger partial charge in [-0.15, -0.1) is 0 Å². The van der Waals surface area contributed by atoms with Crippen LogP contribution in [0.5, 0.6) is 17.2 Å². The average molecular weight is 332 g/mol. The van der Waals surface area contributed by atoms with Crippen LogP contribution in [0.2, 0.25) is 0 Å². The van der Waals surface area contributed by atoms with Crippen molar-refractivity contribution in [3.8, 4) is 17.2 Å². The molecule has 0 radical (unpaired) electrons. The minimum Gasteiger partial charge on any atom is -0.504 e. The molecule has 10 nitrogen and oxygen atoms in total. The topological polar surface area (TPSA) is 177 Å². The van der Waals surface area contributed by atoms with Crippen LogP contribution in [0.4, 0.5) is 0 Å². The van der Waals surface area contributed by atoms with Gasteiger partial charge in [-0.3, -0.25) is 0 Å². The van der Waals surface area contributed by atoms with Crippen LogP contribution in [0.15, 0.2) is 12.1 Å². The molecule has 1 heterocycles. The highest BCUT2D eigenvalue weighted by molar-refractivity contribution is 5.91. The third kappa shape index (κ3) is 3.46. The molecule has 128 valence electrons. The summed E-state index contributed by atoms with van der Waals surface area (Å²) in [6.45, 7) is -0.580. The first kappa shape index (κ1) is 17.2. The number of phenols is 3. The molecule has 0 spiro atoms. The maximum atomic E-state index is 11.8. The van der Waals surface area contributed by atoms with Gasteiger partial charge in [0.05, 0.1) is 5.56 Å². The minimum atomic E-state index is -1.76. The van der Waals surface area contributed by atoms with Gasteiger partial charge in [0.2, 0.25) is 0 Å². The zero-order valence-electron chi connectivity index (χ0n) is 11.6. The summed E-state index contributed by atoms with van der Waals surface area (Å²) in [6, 6.07) is 1.70. The Morgan fingerprint density at radius 1 is 1.00 bits per heavy atom. The summed E-state index contributed by atoms with van der Waals surface area (Å²) in [4.78, 5) is 11.8. The molecule has 1 aromatic rings. The number of aliphatic hydroxyl groups excluding tert-OH is 4. The quantitative estimate of drug-likeness (QED) is 0.236. The second kappa shape index (κ2) is 6.56. The molecule has 2 rings (SSSR count). The van der Waals surface area contributed by atoms with Gasteiger partial charge in [0.1, 0.15) is 31.0 Å². The monoisotopic (exact) mass is 332 g/mol. The van der Waals surface area contributed by atoms with E-state index in [4.69, 9.17) is 9.47 Å². The highest BCUT2D eigenvalue weighted by Gasteiger charge is 2.43. The van der Waals surface area contributed by atoms with Crippen LogP contribution >= 0.6 is 0 Å². The van der Waals surface area contributed by atoms with Crippen molar-refractivity contribution in [3.05, 3.63) is 17.7 Å². The fourth-order valence-corrected chi connectivity index (χ4v) is 2.03. The zero-order valence-corrected chi connectivity index (χ0v) is 11.6. The third-order valence-electron chi connectivity index (χ3n) is 3.37. The average Bonchev–Trinajstić information content (AvgIpc) is 2.51. The number of carbonyl (C=O) groups excluding carboxylic acids is 1. The van der Waals surface area contributed by atoms with E-state index in [1.54, 1.807) is 0 Å². The molecule has 0 amide bonds. The minimum absolute atomic E-state index is 0.288. The summed E-state index contributed by atoms with van der Waals surface area (Å²) in [7, 11) is 0. The molecule has 0 aliphatic carbocycles. The summed E-state index contributed by atoms with van der Waals surface area (Å²) in [5.41, 5.74) is -0.288. The summed E-state index contributed by atoms with van der Waals surface area (Å²) in [5.74, 6) is -3.30. The van der Waals surface area contributed by atoms with Crippen molar-refractivity contribution in [1.82, 2.24) is 0 Å². The van der Waals surface area contributed by atoms with Crippen molar-refractivity contribution in [2.45, 2.75) is 30.7 Å². The molecule has 1 saturated heterocycles. The van der Waals surface area contributed by atoms with Gasteiger partial charge < -0.3 is 45.2 Å². The number of benzene rings is 1. The van der Waals surface area contributed by atoms with Crippen LogP contribution in [0, 0.1) is 0 Å². The molecule has 1 aromatic carbocycles. The number of aliphatic hydroxyl groups is 4. The van der Waals surface area contributed by atoms with Gasteiger partial charge in [-0.25, -0.2) is 4.79 Å². The first-order valence-electron chi connectivity index (χ1n) is 6.52. The number of aromatic hydroxyl groups is 3. The zero-order chi connectivity index (χ0) is 17.3. The first-order chi connectivity index (χ1) is 10.7. The number of ether oxygens (including phenoxy) is 2. The largest absolute Gasteiger partial charge is 0.504 e. The van der Waals surface area contributed by atoms with Gasteiger partial charge in [-0.1, -0.05) is 0 Å². The van der Waals surface area contributed by atoms with Gasteiger partial charge in [0, 0.05) is 0 Å². The molecule has 0 saturated carbocycles. The predicted molar refractivity (Wildman–Crippen MR) is 70.6 cm³/mol. The summed E-state index contributed by atoms with van der Waals surface area (Å²) >= 11 is 0. The lowest BCUT2D eigenvalue weighted by atomic mass is 9.99. The number of carbonyl (C=O) groups is 1. The van der Waals surface area contributed by atoms with Crippen LogP contribution in [-0.4, -0.2) is 79.0 Å². The van der Waals surface area contributed by atoms with Crippen LogP contribution in [-0.2, 0) is 9.47 Å². The number of phenolic OH excluding ortho intramolecular Hbond substituents is 3. The third-order valence-corrected chi connectivity index (χ3v) is 3.37. The second-order valence-electron chi connectivity index (χ2n) is 5.00. The van der Waals surface area contributed by atoms with Crippen LogP contribution in [0.25, 0.3) is 0 Å². The van der Waals surface area contributed by atoms with Gasteiger partial charge >= 0.3 is 5.97 Å². The van der Waals surface area contributed by atoms with E-state index in [1.807, 2.05) is 0 Å². The Hall–Kier alpha value is -2.11. The Morgan fingerprint density at radius 3 is 2.13 bits per heavy atom. The molecular weight excluding hydrogens is 316 g/mol. The van der Waals surface area contributed by atoms with E-state index in [2.05, 4.69) is 0 Å². The Kier molecular flexibility index (Phi) is 4.92. The summed E-state index contributed by atoms with van der Waals surface area (Å²) in [6.07, 6.45) is -8.07. The fraction of sp³-hybridized carbons (Fsp3) is 0.462. The molecule has 1 aliphatic rings. The molecule has 0 aromatic heterocycles. The van der Waals surface area contributed by atoms with Crippen LogP contribution < -0.4 is 0 Å². The Bertz CT molecular complexity index is 565. The summed E-state index contributed by atoms with van der Waals surface area (Å²) in [5, 5.41) is 65.6. The predicted octanol–water partition coefficient (Wildman–Crippen LogP) is -2.24. The van der Waals surface area contributed by atoms with Crippen molar-refractivity contribution in [1.29, 1.82) is 0 Å². The van der Waals surface area contributed by atoms with E-state index >= 15 is 0 Å². The molecule has 1 aliphatic heterocycles. The molecular formula is C13H16O10. The van der Waals surface area contributed by atoms with Crippen molar-refractivity contribution >= 4 is 5.97 Å².